The number of pyridine rings is 1. The number of carbonyl (C=O) groups is 3. The van der Waals surface area contributed by atoms with Crippen molar-refractivity contribution in [3.63, 3.8) is 0 Å². The van der Waals surface area contributed by atoms with Gasteiger partial charge in [-0.25, -0.2) is 0 Å². The van der Waals surface area contributed by atoms with Crippen molar-refractivity contribution < 1.29 is 14.4 Å². The first kappa shape index (κ1) is 21.2. The lowest BCUT2D eigenvalue weighted by molar-refractivity contribution is -0.146. The number of H-pyrrole nitrogens is 1. The minimum atomic E-state index is -0.777. The van der Waals surface area contributed by atoms with Crippen molar-refractivity contribution in [1.29, 1.82) is 0 Å². The van der Waals surface area contributed by atoms with Crippen molar-refractivity contribution in [1.82, 2.24) is 20.1 Å². The summed E-state index contributed by atoms with van der Waals surface area (Å²) in [5.74, 6) is -1.78. The van der Waals surface area contributed by atoms with Gasteiger partial charge in [0.1, 0.15) is 0 Å². The van der Waals surface area contributed by atoms with Gasteiger partial charge in [-0.3, -0.25) is 24.5 Å². The molecule has 0 saturated carbocycles. The van der Waals surface area contributed by atoms with Crippen LogP contribution in [0.1, 0.15) is 41.7 Å². The first-order chi connectivity index (χ1) is 15.4. The molecular formula is C23H24N6O3. The van der Waals surface area contributed by atoms with E-state index in [1.54, 1.807) is 11.1 Å². The second kappa shape index (κ2) is 9.01. The van der Waals surface area contributed by atoms with Crippen LogP contribution in [0.3, 0.4) is 0 Å². The van der Waals surface area contributed by atoms with Gasteiger partial charge in [0.05, 0.1) is 29.2 Å². The number of aromatic nitrogens is 3. The van der Waals surface area contributed by atoms with Crippen molar-refractivity contribution in [3.8, 4) is 11.3 Å². The zero-order valence-electron chi connectivity index (χ0n) is 17.6. The molecule has 4 rings (SSSR count). The first-order valence-electron chi connectivity index (χ1n) is 10.4. The van der Waals surface area contributed by atoms with E-state index in [1.165, 1.54) is 18.5 Å². The van der Waals surface area contributed by atoms with Crippen molar-refractivity contribution in [3.05, 3.63) is 66.1 Å². The number of piperidine rings is 1. The monoisotopic (exact) mass is 432 g/mol. The number of rotatable bonds is 4. The summed E-state index contributed by atoms with van der Waals surface area (Å²) in [6, 6.07) is 11.0. The number of hydrogen-bond donors (Lipinski definition) is 3. The van der Waals surface area contributed by atoms with Crippen molar-refractivity contribution >= 4 is 23.4 Å². The fourth-order valence-corrected chi connectivity index (χ4v) is 3.98. The van der Waals surface area contributed by atoms with Crippen LogP contribution in [0, 0.1) is 5.92 Å². The molecule has 2 atom stereocenters. The zero-order valence-corrected chi connectivity index (χ0v) is 17.6. The highest BCUT2D eigenvalue weighted by Gasteiger charge is 2.34. The molecule has 9 nitrogen and oxygen atoms in total. The summed E-state index contributed by atoms with van der Waals surface area (Å²) in [5, 5.41) is 9.52. The predicted octanol–water partition coefficient (Wildman–Crippen LogP) is 2.51. The molecule has 0 aliphatic carbocycles. The van der Waals surface area contributed by atoms with Gasteiger partial charge in [-0.2, -0.15) is 5.10 Å². The minimum Gasteiger partial charge on any atom is -0.366 e. The number of benzene rings is 1. The molecule has 0 unspecified atom stereocenters. The summed E-state index contributed by atoms with van der Waals surface area (Å²) in [5.41, 5.74) is 8.42. The third-order valence-electron chi connectivity index (χ3n) is 5.65. The summed E-state index contributed by atoms with van der Waals surface area (Å²) >= 11 is 0. The maximum Gasteiger partial charge on any atom is 0.313 e. The largest absolute Gasteiger partial charge is 0.366 e. The first-order valence-corrected chi connectivity index (χ1v) is 10.4. The van der Waals surface area contributed by atoms with E-state index in [0.29, 0.717) is 6.54 Å². The van der Waals surface area contributed by atoms with Gasteiger partial charge in [0.25, 0.3) is 0 Å². The molecule has 1 aliphatic heterocycles. The fraction of sp³-hybridized carbons (Fsp3) is 0.261. The molecule has 1 fully saturated rings. The third-order valence-corrected chi connectivity index (χ3v) is 5.65. The molecule has 0 spiro atoms. The van der Waals surface area contributed by atoms with E-state index < -0.39 is 17.7 Å². The molecule has 1 saturated heterocycles. The van der Waals surface area contributed by atoms with E-state index in [1.807, 2.05) is 30.3 Å². The van der Waals surface area contributed by atoms with E-state index >= 15 is 0 Å². The van der Waals surface area contributed by atoms with Crippen LogP contribution in [0.25, 0.3) is 11.3 Å². The number of nitrogens with zero attached hydrogens (tertiary/aromatic N) is 3. The highest BCUT2D eigenvalue weighted by molar-refractivity contribution is 6.39. The zero-order chi connectivity index (χ0) is 22.7. The lowest BCUT2D eigenvalue weighted by Gasteiger charge is -2.38. The molecule has 0 bridgehead atoms. The van der Waals surface area contributed by atoms with Crippen molar-refractivity contribution in [2.45, 2.75) is 25.8 Å². The number of carbonyl (C=O) groups excluding carboxylic acids is 3. The average Bonchev–Trinajstić information content (AvgIpc) is 3.34. The Morgan fingerprint density at radius 1 is 1.12 bits per heavy atom. The summed E-state index contributed by atoms with van der Waals surface area (Å²) in [6.07, 6.45) is 6.15. The Labute approximate surface area is 185 Å². The predicted molar refractivity (Wildman–Crippen MR) is 118 cm³/mol. The molecule has 1 aromatic carbocycles. The summed E-state index contributed by atoms with van der Waals surface area (Å²) in [6.45, 7) is 2.55. The van der Waals surface area contributed by atoms with E-state index in [-0.39, 0.29) is 23.2 Å². The summed E-state index contributed by atoms with van der Waals surface area (Å²) < 4.78 is 0. The maximum absolute atomic E-state index is 13.1. The SMILES string of the molecule is C[C@@H]1CC[C@@H](c2ccc(-c3cc[nH]n3)cc2)N(C(=O)C(=O)Nc2cncc(C(N)=O)c2)C1. The Morgan fingerprint density at radius 2 is 1.91 bits per heavy atom. The molecule has 3 heterocycles. The number of primary amides is 1. The Hall–Kier alpha value is -4.01. The number of nitrogens with one attached hydrogen (secondary N) is 2. The molecule has 164 valence electrons. The Morgan fingerprint density at radius 3 is 2.59 bits per heavy atom. The van der Waals surface area contributed by atoms with Crippen LogP contribution < -0.4 is 11.1 Å². The Bertz CT molecular complexity index is 1130. The topological polar surface area (TPSA) is 134 Å². The number of anilines is 1. The number of amides is 3. The lowest BCUT2D eigenvalue weighted by Crippen LogP contribution is -2.46. The molecular weight excluding hydrogens is 408 g/mol. The Kier molecular flexibility index (Phi) is 5.98. The fourth-order valence-electron chi connectivity index (χ4n) is 3.98. The molecule has 3 aromatic rings. The minimum absolute atomic E-state index is 0.150. The van der Waals surface area contributed by atoms with Crippen LogP contribution in [-0.2, 0) is 9.59 Å². The van der Waals surface area contributed by atoms with Gasteiger partial charge in [-0.15, -0.1) is 0 Å². The highest BCUT2D eigenvalue weighted by Crippen LogP contribution is 2.34. The molecule has 0 radical (unpaired) electrons. The second-order valence-corrected chi connectivity index (χ2v) is 8.02. The maximum atomic E-state index is 13.1. The number of nitrogens with two attached hydrogens (primary N) is 1. The standard InChI is InChI=1S/C23H24N6O3/c1-14-2-7-20(16-5-3-15(4-6-16)19-8-9-26-28-19)29(13-14)23(32)22(31)27-18-10-17(21(24)30)11-25-12-18/h3-6,8-12,14,20H,2,7,13H2,1H3,(H2,24,30)(H,26,28)(H,27,31)/t14-,20+/m1/s1. The van der Waals surface area contributed by atoms with Crippen LogP contribution >= 0.6 is 0 Å². The van der Waals surface area contributed by atoms with E-state index in [9.17, 15) is 14.4 Å². The number of likely N-dealkylation sites (tertiary alicyclic amines) is 1. The normalized spacial score (nSPS) is 18.2. The molecule has 1 aliphatic rings. The highest BCUT2D eigenvalue weighted by atomic mass is 16.2. The van der Waals surface area contributed by atoms with Crippen LogP contribution in [0.5, 0.6) is 0 Å². The van der Waals surface area contributed by atoms with E-state index in [4.69, 9.17) is 5.73 Å². The van der Waals surface area contributed by atoms with E-state index in [2.05, 4.69) is 27.4 Å². The van der Waals surface area contributed by atoms with Crippen LogP contribution in [-0.4, -0.2) is 44.3 Å². The van der Waals surface area contributed by atoms with Gasteiger partial charge < -0.3 is 16.0 Å². The van der Waals surface area contributed by atoms with Gasteiger partial charge in [-0.1, -0.05) is 31.2 Å². The van der Waals surface area contributed by atoms with Gasteiger partial charge in [0.15, 0.2) is 0 Å². The third kappa shape index (κ3) is 4.51. The smallest absolute Gasteiger partial charge is 0.313 e. The molecule has 9 heteroatoms. The van der Waals surface area contributed by atoms with E-state index in [0.717, 1.165) is 29.7 Å². The molecule has 4 N–H and O–H groups in total. The summed E-state index contributed by atoms with van der Waals surface area (Å²) in [4.78, 5) is 42.7. The quantitative estimate of drug-likeness (QED) is 0.545. The van der Waals surface area contributed by atoms with Crippen molar-refractivity contribution in [2.24, 2.45) is 11.7 Å². The summed E-state index contributed by atoms with van der Waals surface area (Å²) in [7, 11) is 0. The van der Waals surface area contributed by atoms with Crippen LogP contribution in [0.4, 0.5) is 5.69 Å². The second-order valence-electron chi connectivity index (χ2n) is 8.02. The van der Waals surface area contributed by atoms with Gasteiger partial charge >= 0.3 is 11.8 Å². The Balaban J connectivity index is 1.52. The van der Waals surface area contributed by atoms with Crippen molar-refractivity contribution in [2.75, 3.05) is 11.9 Å². The van der Waals surface area contributed by atoms with Crippen LogP contribution in [0.15, 0.2) is 55.0 Å². The molecule has 2 aromatic heterocycles. The van der Waals surface area contributed by atoms with Gasteiger partial charge in [-0.05, 0) is 36.5 Å². The molecule has 32 heavy (non-hydrogen) atoms. The lowest BCUT2D eigenvalue weighted by atomic mass is 9.89. The molecule has 3 amide bonds. The average molecular weight is 432 g/mol. The number of hydrogen-bond acceptors (Lipinski definition) is 5. The van der Waals surface area contributed by atoms with Gasteiger partial charge in [0, 0.05) is 24.5 Å². The van der Waals surface area contributed by atoms with Gasteiger partial charge in [0.2, 0.25) is 5.91 Å². The van der Waals surface area contributed by atoms with Crippen LogP contribution in [0.2, 0.25) is 0 Å². The number of aromatic amines is 1.